The third-order valence-electron chi connectivity index (χ3n) is 5.71. The smallest absolute Gasteiger partial charge is 0.247 e. The fraction of sp³-hybridized carbons (Fsp3) is 0.348. The van der Waals surface area contributed by atoms with Crippen LogP contribution in [0.3, 0.4) is 0 Å². The Morgan fingerprint density at radius 2 is 1.87 bits per heavy atom. The lowest BCUT2D eigenvalue weighted by atomic mass is 10.1. The maximum atomic E-state index is 6.01. The molecule has 0 bridgehead atoms. The zero-order chi connectivity index (χ0) is 20.5. The van der Waals surface area contributed by atoms with E-state index in [4.69, 9.17) is 9.40 Å². The van der Waals surface area contributed by atoms with Gasteiger partial charge in [0.2, 0.25) is 11.8 Å². The van der Waals surface area contributed by atoms with Gasteiger partial charge in [-0.25, -0.2) is 4.98 Å². The fourth-order valence-corrected chi connectivity index (χ4v) is 4.95. The largest absolute Gasteiger partial charge is 0.419 e. The molecule has 0 unspecified atom stereocenters. The fourth-order valence-electron chi connectivity index (χ4n) is 3.94. The lowest BCUT2D eigenvalue weighted by Crippen LogP contribution is -2.46. The predicted octanol–water partition coefficient (Wildman–Crippen LogP) is 4.53. The number of fused-ring (bicyclic) bond motifs is 1. The molecule has 0 amide bonds. The summed E-state index contributed by atoms with van der Waals surface area (Å²) in [7, 11) is 0. The molecule has 3 heterocycles. The second kappa shape index (κ2) is 8.26. The monoisotopic (exact) mass is 419 g/mol. The molecule has 0 saturated carbocycles. The zero-order valence-electron chi connectivity index (χ0n) is 17.3. The number of aryl methyl sites for hydroxylation is 1. The molecule has 1 aliphatic heterocycles. The van der Waals surface area contributed by atoms with Crippen molar-refractivity contribution in [1.29, 1.82) is 0 Å². The molecule has 4 aromatic rings. The van der Waals surface area contributed by atoms with Crippen molar-refractivity contribution in [2.24, 2.45) is 0 Å². The van der Waals surface area contributed by atoms with Crippen LogP contribution >= 0.6 is 11.3 Å². The minimum Gasteiger partial charge on any atom is -0.419 e. The molecule has 1 fully saturated rings. The van der Waals surface area contributed by atoms with Gasteiger partial charge in [-0.2, -0.15) is 0 Å². The lowest BCUT2D eigenvalue weighted by molar-refractivity contribution is 0.0876. The van der Waals surface area contributed by atoms with Crippen molar-refractivity contribution in [2.45, 2.75) is 26.4 Å². The number of nitrogens with zero attached hydrogens (tertiary/aromatic N) is 5. The molecule has 1 saturated heterocycles. The number of benzene rings is 2. The minimum absolute atomic E-state index is 0.112. The van der Waals surface area contributed by atoms with Crippen molar-refractivity contribution in [3.05, 3.63) is 65.0 Å². The minimum atomic E-state index is 0.112. The molecule has 0 radical (unpaired) electrons. The van der Waals surface area contributed by atoms with Crippen molar-refractivity contribution in [3.8, 4) is 11.5 Å². The van der Waals surface area contributed by atoms with E-state index in [0.717, 1.165) is 43.8 Å². The van der Waals surface area contributed by atoms with Crippen LogP contribution in [0.1, 0.15) is 29.4 Å². The van der Waals surface area contributed by atoms with Gasteiger partial charge in [0.25, 0.3) is 0 Å². The molecule has 1 atom stereocenters. The second-order valence-electron chi connectivity index (χ2n) is 7.88. The zero-order valence-corrected chi connectivity index (χ0v) is 18.1. The summed E-state index contributed by atoms with van der Waals surface area (Å²) in [5.74, 6) is 1.28. The summed E-state index contributed by atoms with van der Waals surface area (Å²) in [5.41, 5.74) is 3.26. The summed E-state index contributed by atoms with van der Waals surface area (Å²) in [6.45, 7) is 9.12. The van der Waals surface area contributed by atoms with Crippen molar-refractivity contribution in [3.63, 3.8) is 0 Å². The van der Waals surface area contributed by atoms with E-state index in [1.54, 1.807) is 11.3 Å². The molecule has 0 N–H and O–H groups in total. The Bertz CT molecular complexity index is 1110. The van der Waals surface area contributed by atoms with Crippen molar-refractivity contribution in [2.75, 3.05) is 26.2 Å². The summed E-state index contributed by atoms with van der Waals surface area (Å²) < 4.78 is 7.27. The molecule has 7 heteroatoms. The first kappa shape index (κ1) is 19.4. The van der Waals surface area contributed by atoms with Gasteiger partial charge in [0, 0.05) is 31.7 Å². The molecule has 30 heavy (non-hydrogen) atoms. The second-order valence-corrected chi connectivity index (χ2v) is 8.99. The number of piperazine rings is 1. The standard InChI is InChI=1S/C23H25N5OS/c1-16-6-5-7-18(14-16)23-26-25-22(29-23)17(2)28-12-10-27(11-13-28)15-21-24-19-8-3-4-9-20(19)30-21/h3-9,14,17H,10-13,15H2,1-2H3/t17-/m1/s1. The third-order valence-corrected chi connectivity index (χ3v) is 6.74. The van der Waals surface area contributed by atoms with E-state index < -0.39 is 0 Å². The average molecular weight is 420 g/mol. The maximum Gasteiger partial charge on any atom is 0.247 e. The molecular weight excluding hydrogens is 394 g/mol. The van der Waals surface area contributed by atoms with Gasteiger partial charge in [0.15, 0.2) is 0 Å². The lowest BCUT2D eigenvalue weighted by Gasteiger charge is -2.36. The van der Waals surface area contributed by atoms with Gasteiger partial charge >= 0.3 is 0 Å². The molecule has 5 rings (SSSR count). The van der Waals surface area contributed by atoms with Crippen LogP contribution in [0, 0.1) is 6.92 Å². The Labute approximate surface area is 180 Å². The summed E-state index contributed by atoms with van der Waals surface area (Å²) in [4.78, 5) is 9.67. The molecule has 0 spiro atoms. The van der Waals surface area contributed by atoms with Crippen LogP contribution in [0.15, 0.2) is 52.9 Å². The van der Waals surface area contributed by atoms with E-state index in [-0.39, 0.29) is 6.04 Å². The topological polar surface area (TPSA) is 58.3 Å². The van der Waals surface area contributed by atoms with Crippen LogP contribution in [0.4, 0.5) is 0 Å². The van der Waals surface area contributed by atoms with Gasteiger partial charge in [-0.3, -0.25) is 9.80 Å². The normalized spacial score (nSPS) is 16.9. The van der Waals surface area contributed by atoms with Gasteiger partial charge < -0.3 is 4.42 Å². The maximum absolute atomic E-state index is 6.01. The molecule has 2 aromatic heterocycles. The molecule has 6 nitrogen and oxygen atoms in total. The van der Waals surface area contributed by atoms with Crippen molar-refractivity contribution < 1.29 is 4.42 Å². The van der Waals surface area contributed by atoms with E-state index in [0.29, 0.717) is 11.8 Å². The summed E-state index contributed by atoms with van der Waals surface area (Å²) >= 11 is 1.80. The van der Waals surface area contributed by atoms with Gasteiger partial charge in [0.05, 0.1) is 22.8 Å². The van der Waals surface area contributed by atoms with E-state index in [9.17, 15) is 0 Å². The highest BCUT2D eigenvalue weighted by atomic mass is 32.1. The Morgan fingerprint density at radius 1 is 1.03 bits per heavy atom. The van der Waals surface area contributed by atoms with Crippen LogP contribution in [-0.4, -0.2) is 51.2 Å². The highest BCUT2D eigenvalue weighted by Crippen LogP contribution is 2.26. The number of hydrogen-bond acceptors (Lipinski definition) is 7. The first-order chi connectivity index (χ1) is 14.7. The van der Waals surface area contributed by atoms with Crippen LogP contribution in [0.5, 0.6) is 0 Å². The quantitative estimate of drug-likeness (QED) is 0.474. The molecule has 1 aliphatic rings. The van der Waals surface area contributed by atoms with E-state index in [2.05, 4.69) is 64.2 Å². The van der Waals surface area contributed by atoms with Gasteiger partial charge in [-0.05, 0) is 38.1 Å². The average Bonchev–Trinajstić information content (AvgIpc) is 3.41. The Kier molecular flexibility index (Phi) is 5.33. The molecule has 2 aromatic carbocycles. The summed E-state index contributed by atoms with van der Waals surface area (Å²) in [5, 5.41) is 9.79. The number of aromatic nitrogens is 3. The van der Waals surface area contributed by atoms with Crippen molar-refractivity contribution in [1.82, 2.24) is 25.0 Å². The van der Waals surface area contributed by atoms with Gasteiger partial charge in [-0.15, -0.1) is 21.5 Å². The summed E-state index contributed by atoms with van der Waals surface area (Å²) in [6.07, 6.45) is 0. The first-order valence-electron chi connectivity index (χ1n) is 10.4. The van der Waals surface area contributed by atoms with E-state index in [1.165, 1.54) is 15.3 Å². The number of thiazole rings is 1. The van der Waals surface area contributed by atoms with Crippen LogP contribution < -0.4 is 0 Å². The Morgan fingerprint density at radius 3 is 2.67 bits per heavy atom. The molecule has 154 valence electrons. The summed E-state index contributed by atoms with van der Waals surface area (Å²) in [6, 6.07) is 16.6. The Hall–Kier alpha value is -2.61. The molecular formula is C23H25N5OS. The SMILES string of the molecule is Cc1cccc(-c2nnc([C@@H](C)N3CCN(Cc4nc5ccccc5s4)CC3)o2)c1. The van der Waals surface area contributed by atoms with Crippen LogP contribution in [0.25, 0.3) is 21.7 Å². The molecule has 0 aliphatic carbocycles. The number of rotatable bonds is 5. The number of hydrogen-bond donors (Lipinski definition) is 0. The third kappa shape index (κ3) is 4.01. The van der Waals surface area contributed by atoms with Crippen LogP contribution in [0.2, 0.25) is 0 Å². The van der Waals surface area contributed by atoms with Gasteiger partial charge in [0.1, 0.15) is 5.01 Å². The van der Waals surface area contributed by atoms with Crippen LogP contribution in [-0.2, 0) is 6.54 Å². The highest BCUT2D eigenvalue weighted by molar-refractivity contribution is 7.18. The van der Waals surface area contributed by atoms with Crippen molar-refractivity contribution >= 4 is 21.6 Å². The highest BCUT2D eigenvalue weighted by Gasteiger charge is 2.26. The predicted molar refractivity (Wildman–Crippen MR) is 119 cm³/mol. The first-order valence-corrected chi connectivity index (χ1v) is 11.2. The van der Waals surface area contributed by atoms with E-state index in [1.807, 2.05) is 18.2 Å². The number of para-hydroxylation sites is 1. The van der Waals surface area contributed by atoms with E-state index >= 15 is 0 Å². The van der Waals surface area contributed by atoms with Gasteiger partial charge in [-0.1, -0.05) is 29.8 Å². The Balaban J connectivity index is 1.20.